The zero-order chi connectivity index (χ0) is 31.1. The second-order valence-electron chi connectivity index (χ2n) is 11.1. The van der Waals surface area contributed by atoms with Crippen molar-refractivity contribution in [3.8, 4) is 11.5 Å². The molecular formula is C32H44N8O5. The van der Waals surface area contributed by atoms with Crippen molar-refractivity contribution >= 4 is 29.4 Å². The molecule has 2 heterocycles. The Morgan fingerprint density at radius 2 is 1.62 bits per heavy atom. The van der Waals surface area contributed by atoms with Gasteiger partial charge in [-0.1, -0.05) is 43.5 Å². The van der Waals surface area contributed by atoms with E-state index in [1.54, 1.807) is 0 Å². The van der Waals surface area contributed by atoms with Crippen molar-refractivity contribution in [1.82, 2.24) is 20.3 Å². The quantitative estimate of drug-likeness (QED) is 0.131. The SMILES string of the molecule is NCCOCCOCCNC(=O)Cc1ccc(Nc2nc(NCc3cccc4c3OCO4)nc(NCC3CCCCC3)n2)cc1. The van der Waals surface area contributed by atoms with Crippen LogP contribution in [-0.2, 0) is 27.2 Å². The van der Waals surface area contributed by atoms with Gasteiger partial charge in [-0.05, 0) is 42.5 Å². The Bertz CT molecular complexity index is 1350. The first kappa shape index (κ1) is 32.2. The van der Waals surface area contributed by atoms with E-state index in [0.29, 0.717) is 69.8 Å². The second-order valence-corrected chi connectivity index (χ2v) is 11.1. The minimum atomic E-state index is -0.0680. The van der Waals surface area contributed by atoms with Crippen molar-refractivity contribution < 1.29 is 23.7 Å². The number of hydrogen-bond acceptors (Lipinski definition) is 12. The molecule has 3 aromatic rings. The molecule has 13 nitrogen and oxygen atoms in total. The van der Waals surface area contributed by atoms with E-state index in [2.05, 4.69) is 36.2 Å². The van der Waals surface area contributed by atoms with Gasteiger partial charge in [0.05, 0.1) is 32.8 Å². The maximum atomic E-state index is 12.4. The Kier molecular flexibility index (Phi) is 12.4. The van der Waals surface area contributed by atoms with E-state index in [-0.39, 0.29) is 19.1 Å². The third-order valence-electron chi connectivity index (χ3n) is 7.60. The number of rotatable bonds is 18. The smallest absolute Gasteiger partial charge is 0.233 e. The predicted molar refractivity (Wildman–Crippen MR) is 172 cm³/mol. The van der Waals surface area contributed by atoms with Crippen molar-refractivity contribution in [3.63, 3.8) is 0 Å². The van der Waals surface area contributed by atoms with Gasteiger partial charge in [-0.3, -0.25) is 4.79 Å². The monoisotopic (exact) mass is 620 g/mol. The Morgan fingerprint density at radius 3 is 2.42 bits per heavy atom. The van der Waals surface area contributed by atoms with Crippen LogP contribution in [0, 0.1) is 5.92 Å². The van der Waals surface area contributed by atoms with E-state index in [1.807, 2.05) is 42.5 Å². The molecule has 1 fully saturated rings. The number of amides is 1. The lowest BCUT2D eigenvalue weighted by Crippen LogP contribution is -2.29. The average molecular weight is 621 g/mol. The number of nitrogens with one attached hydrogen (secondary N) is 4. The van der Waals surface area contributed by atoms with E-state index >= 15 is 0 Å². The number of aromatic nitrogens is 3. The predicted octanol–water partition coefficient (Wildman–Crippen LogP) is 3.60. The van der Waals surface area contributed by atoms with E-state index in [9.17, 15) is 4.79 Å². The normalized spacial score (nSPS) is 14.2. The number of nitrogens with zero attached hydrogens (tertiary/aromatic N) is 3. The molecule has 0 bridgehead atoms. The van der Waals surface area contributed by atoms with Crippen LogP contribution in [0.3, 0.4) is 0 Å². The number of carbonyl (C=O) groups excluding carboxylic acids is 1. The number of hydrogen-bond donors (Lipinski definition) is 5. The fourth-order valence-electron chi connectivity index (χ4n) is 5.27. The molecule has 0 spiro atoms. The molecule has 2 aromatic carbocycles. The van der Waals surface area contributed by atoms with Gasteiger partial charge in [0.25, 0.3) is 0 Å². The Hall–Kier alpha value is -4.20. The highest BCUT2D eigenvalue weighted by molar-refractivity contribution is 5.78. The molecular weight excluding hydrogens is 576 g/mol. The molecule has 2 aliphatic rings. The summed E-state index contributed by atoms with van der Waals surface area (Å²) >= 11 is 0. The van der Waals surface area contributed by atoms with Crippen LogP contribution in [0.4, 0.5) is 23.5 Å². The number of carbonyl (C=O) groups is 1. The highest BCUT2D eigenvalue weighted by Crippen LogP contribution is 2.35. The first-order chi connectivity index (χ1) is 22.2. The van der Waals surface area contributed by atoms with Gasteiger partial charge in [0.1, 0.15) is 0 Å². The molecule has 6 N–H and O–H groups in total. The van der Waals surface area contributed by atoms with Gasteiger partial charge in [-0.2, -0.15) is 15.0 Å². The molecule has 0 unspecified atom stereocenters. The van der Waals surface area contributed by atoms with E-state index < -0.39 is 0 Å². The van der Waals surface area contributed by atoms with Gasteiger partial charge in [-0.15, -0.1) is 0 Å². The summed E-state index contributed by atoms with van der Waals surface area (Å²) in [4.78, 5) is 26.3. The van der Waals surface area contributed by atoms with Gasteiger partial charge in [-0.25, -0.2) is 0 Å². The molecule has 1 amide bonds. The molecule has 0 atom stereocenters. The average Bonchev–Trinajstić information content (AvgIpc) is 3.55. The van der Waals surface area contributed by atoms with E-state index in [4.69, 9.17) is 24.7 Å². The van der Waals surface area contributed by atoms with Crippen LogP contribution in [0.1, 0.15) is 43.2 Å². The summed E-state index contributed by atoms with van der Waals surface area (Å²) in [6, 6.07) is 13.4. The van der Waals surface area contributed by atoms with Crippen LogP contribution in [0.2, 0.25) is 0 Å². The molecule has 1 aliphatic heterocycles. The fraction of sp³-hybridized carbons (Fsp3) is 0.500. The molecule has 1 aromatic heterocycles. The maximum Gasteiger partial charge on any atom is 0.233 e. The van der Waals surface area contributed by atoms with Crippen molar-refractivity contribution in [2.75, 3.05) is 68.8 Å². The Balaban J connectivity index is 1.16. The van der Waals surface area contributed by atoms with Crippen LogP contribution in [0.25, 0.3) is 0 Å². The number of nitrogens with two attached hydrogens (primary N) is 1. The van der Waals surface area contributed by atoms with Crippen molar-refractivity contribution in [2.24, 2.45) is 11.7 Å². The van der Waals surface area contributed by atoms with Gasteiger partial charge in [0.15, 0.2) is 11.5 Å². The second kappa shape index (κ2) is 17.3. The molecule has 0 radical (unpaired) electrons. The molecule has 45 heavy (non-hydrogen) atoms. The summed E-state index contributed by atoms with van der Waals surface area (Å²) in [6.07, 6.45) is 6.57. The Morgan fingerprint density at radius 1 is 0.867 bits per heavy atom. The summed E-state index contributed by atoms with van der Waals surface area (Å²) in [7, 11) is 0. The lowest BCUT2D eigenvalue weighted by molar-refractivity contribution is -0.120. The topological polar surface area (TPSA) is 167 Å². The summed E-state index contributed by atoms with van der Waals surface area (Å²) in [5.74, 6) is 3.38. The zero-order valence-corrected chi connectivity index (χ0v) is 25.7. The van der Waals surface area contributed by atoms with Crippen LogP contribution < -0.4 is 36.5 Å². The molecule has 0 saturated heterocycles. The highest BCUT2D eigenvalue weighted by atomic mass is 16.7. The standard InChI is InChI=1S/C32H44N8O5/c33-13-15-42-17-18-43-16-14-34-28(41)19-23-9-11-26(12-10-23)37-32-39-30(35-20-24-5-2-1-3-6-24)38-31(40-32)36-21-25-7-4-8-27-29(25)45-22-44-27/h4,7-12,24H,1-3,5-6,13-22,33H2,(H,34,41)(H3,35,36,37,38,39,40). The van der Waals surface area contributed by atoms with Crippen molar-refractivity contribution in [2.45, 2.75) is 45.1 Å². The lowest BCUT2D eigenvalue weighted by atomic mass is 9.89. The van der Waals surface area contributed by atoms with Crippen LogP contribution >= 0.6 is 0 Å². The summed E-state index contributed by atoms with van der Waals surface area (Å²) in [5, 5.41) is 12.9. The number of fused-ring (bicyclic) bond motifs is 1. The largest absolute Gasteiger partial charge is 0.454 e. The zero-order valence-electron chi connectivity index (χ0n) is 25.7. The fourth-order valence-corrected chi connectivity index (χ4v) is 5.27. The first-order valence-corrected chi connectivity index (χ1v) is 15.8. The van der Waals surface area contributed by atoms with Gasteiger partial charge < -0.3 is 45.9 Å². The molecule has 242 valence electrons. The number of para-hydroxylation sites is 1. The molecule has 1 aliphatic carbocycles. The number of ether oxygens (including phenoxy) is 4. The maximum absolute atomic E-state index is 12.4. The van der Waals surface area contributed by atoms with Crippen molar-refractivity contribution in [3.05, 3.63) is 53.6 Å². The number of benzene rings is 2. The lowest BCUT2D eigenvalue weighted by Gasteiger charge is -2.21. The summed E-state index contributed by atoms with van der Waals surface area (Å²) in [6.45, 7) is 4.34. The first-order valence-electron chi connectivity index (χ1n) is 15.8. The highest BCUT2D eigenvalue weighted by Gasteiger charge is 2.18. The minimum Gasteiger partial charge on any atom is -0.454 e. The van der Waals surface area contributed by atoms with Gasteiger partial charge in [0.2, 0.25) is 30.5 Å². The number of anilines is 4. The van der Waals surface area contributed by atoms with E-state index in [0.717, 1.165) is 34.9 Å². The van der Waals surface area contributed by atoms with Crippen LogP contribution in [0.15, 0.2) is 42.5 Å². The van der Waals surface area contributed by atoms with Crippen molar-refractivity contribution in [1.29, 1.82) is 0 Å². The van der Waals surface area contributed by atoms with Crippen LogP contribution in [0.5, 0.6) is 11.5 Å². The molecule has 13 heteroatoms. The third kappa shape index (κ3) is 10.4. The summed E-state index contributed by atoms with van der Waals surface area (Å²) < 4.78 is 21.9. The van der Waals surface area contributed by atoms with E-state index in [1.165, 1.54) is 32.1 Å². The van der Waals surface area contributed by atoms with Gasteiger partial charge in [0, 0.05) is 37.4 Å². The third-order valence-corrected chi connectivity index (χ3v) is 7.60. The van der Waals surface area contributed by atoms with Crippen LogP contribution in [-0.4, -0.2) is 73.7 Å². The Labute approximate surface area is 264 Å². The molecule has 1 saturated carbocycles. The summed E-state index contributed by atoms with van der Waals surface area (Å²) in [5.41, 5.74) is 8.02. The van der Waals surface area contributed by atoms with Gasteiger partial charge >= 0.3 is 0 Å². The minimum absolute atomic E-state index is 0.0680. The molecule has 5 rings (SSSR count).